The van der Waals surface area contributed by atoms with Gasteiger partial charge in [0.15, 0.2) is 0 Å². The van der Waals surface area contributed by atoms with Crippen LogP contribution in [0.4, 0.5) is 0 Å². The lowest BCUT2D eigenvalue weighted by Gasteiger charge is -2.32. The van der Waals surface area contributed by atoms with E-state index in [1.807, 2.05) is 42.8 Å². The van der Waals surface area contributed by atoms with Crippen molar-refractivity contribution in [2.24, 2.45) is 7.05 Å². The maximum Gasteiger partial charge on any atom is 0.259 e. The fraction of sp³-hybridized carbons (Fsp3) is 0.333. The number of aryl methyl sites for hydroxylation is 2. The Balaban J connectivity index is 1.68. The molecule has 1 fully saturated rings. The molecule has 1 atom stereocenters. The van der Waals surface area contributed by atoms with Crippen molar-refractivity contribution in [1.82, 2.24) is 19.4 Å². The first-order chi connectivity index (χ1) is 13.0. The van der Waals surface area contributed by atoms with Gasteiger partial charge in [0.25, 0.3) is 5.91 Å². The number of hydrogen-bond acceptors (Lipinski definition) is 4. The second kappa shape index (κ2) is 6.95. The number of benzene rings is 1. The predicted octanol–water partition coefficient (Wildman–Crippen LogP) is 2.66. The molecule has 4 rings (SSSR count). The zero-order valence-corrected chi connectivity index (χ0v) is 15.6. The number of carbonyl (C=O) groups is 1. The molecule has 6 heteroatoms. The Hall–Kier alpha value is -3.02. The summed E-state index contributed by atoms with van der Waals surface area (Å²) in [6.45, 7) is 3.19. The maximum absolute atomic E-state index is 13.2. The molecule has 0 N–H and O–H groups in total. The number of piperidine rings is 1. The summed E-state index contributed by atoms with van der Waals surface area (Å²) in [6.07, 6.45) is 6.81. The third-order valence-electron chi connectivity index (χ3n) is 5.31. The van der Waals surface area contributed by atoms with E-state index in [2.05, 4.69) is 9.97 Å². The van der Waals surface area contributed by atoms with Gasteiger partial charge < -0.3 is 9.47 Å². The Labute approximate surface area is 157 Å². The fourth-order valence-corrected chi connectivity index (χ4v) is 3.87. The number of aromatic nitrogens is 3. The number of amides is 1. The molecule has 1 saturated heterocycles. The maximum atomic E-state index is 13.2. The first-order valence-corrected chi connectivity index (χ1v) is 9.20. The van der Waals surface area contributed by atoms with Crippen LogP contribution in [0.2, 0.25) is 0 Å². The molecule has 0 bridgehead atoms. The van der Waals surface area contributed by atoms with Crippen molar-refractivity contribution < 1.29 is 4.79 Å². The van der Waals surface area contributed by atoms with Crippen molar-refractivity contribution >= 4 is 16.8 Å². The van der Waals surface area contributed by atoms with Gasteiger partial charge in [0.05, 0.1) is 5.52 Å². The van der Waals surface area contributed by atoms with Gasteiger partial charge in [0.2, 0.25) is 5.43 Å². The molecule has 2 aromatic heterocycles. The lowest BCUT2D eigenvalue weighted by molar-refractivity contribution is 0.0704. The normalized spacial score (nSPS) is 17.3. The number of carbonyl (C=O) groups excluding carboxylic acids is 1. The number of hydrogen-bond donors (Lipinski definition) is 0. The van der Waals surface area contributed by atoms with Crippen LogP contribution in [-0.4, -0.2) is 38.4 Å². The minimum Gasteiger partial charge on any atom is -0.350 e. The number of likely N-dealkylation sites (tertiary alicyclic amines) is 1. The predicted molar refractivity (Wildman–Crippen MR) is 104 cm³/mol. The molecular weight excluding hydrogens is 340 g/mol. The quantitative estimate of drug-likeness (QED) is 0.703. The number of fused-ring (bicyclic) bond motifs is 1. The fourth-order valence-electron chi connectivity index (χ4n) is 3.87. The minimum atomic E-state index is -0.197. The average Bonchev–Trinajstić information content (AvgIpc) is 2.71. The Bertz CT molecular complexity index is 1060. The monoisotopic (exact) mass is 362 g/mol. The summed E-state index contributed by atoms with van der Waals surface area (Å²) in [5, 5.41) is 0.590. The van der Waals surface area contributed by atoms with Crippen LogP contribution in [0.5, 0.6) is 0 Å². The molecule has 27 heavy (non-hydrogen) atoms. The molecule has 1 aliphatic heterocycles. The van der Waals surface area contributed by atoms with Gasteiger partial charge >= 0.3 is 0 Å². The van der Waals surface area contributed by atoms with E-state index < -0.39 is 0 Å². The van der Waals surface area contributed by atoms with E-state index in [0.717, 1.165) is 29.6 Å². The van der Waals surface area contributed by atoms with Crippen LogP contribution in [-0.2, 0) is 7.05 Å². The van der Waals surface area contributed by atoms with Gasteiger partial charge in [0, 0.05) is 49.5 Å². The summed E-state index contributed by atoms with van der Waals surface area (Å²) < 4.78 is 1.86. The van der Waals surface area contributed by atoms with Crippen LogP contribution in [0.25, 0.3) is 10.9 Å². The highest BCUT2D eigenvalue weighted by molar-refractivity contribution is 5.97. The molecule has 0 spiro atoms. The van der Waals surface area contributed by atoms with Gasteiger partial charge in [-0.2, -0.15) is 0 Å². The van der Waals surface area contributed by atoms with E-state index >= 15 is 0 Å². The van der Waals surface area contributed by atoms with Crippen molar-refractivity contribution in [2.45, 2.75) is 25.7 Å². The largest absolute Gasteiger partial charge is 0.350 e. The van der Waals surface area contributed by atoms with Crippen LogP contribution >= 0.6 is 0 Å². The minimum absolute atomic E-state index is 0.178. The zero-order chi connectivity index (χ0) is 19.0. The third-order valence-corrected chi connectivity index (χ3v) is 5.31. The van der Waals surface area contributed by atoms with Gasteiger partial charge in [0.1, 0.15) is 11.9 Å². The van der Waals surface area contributed by atoms with Gasteiger partial charge in [-0.1, -0.05) is 11.6 Å². The van der Waals surface area contributed by atoms with Crippen LogP contribution in [0.3, 0.4) is 0 Å². The molecule has 1 aromatic carbocycles. The number of rotatable bonds is 2. The Morgan fingerprint density at radius 2 is 2.11 bits per heavy atom. The molecule has 3 heterocycles. The summed E-state index contributed by atoms with van der Waals surface area (Å²) in [4.78, 5) is 36.2. The van der Waals surface area contributed by atoms with Gasteiger partial charge in [-0.15, -0.1) is 0 Å². The van der Waals surface area contributed by atoms with Crippen LogP contribution in [0, 0.1) is 6.92 Å². The van der Waals surface area contributed by atoms with E-state index in [1.165, 1.54) is 6.33 Å². The molecule has 1 aliphatic rings. The van der Waals surface area contributed by atoms with Crippen molar-refractivity contribution in [3.8, 4) is 0 Å². The van der Waals surface area contributed by atoms with Crippen molar-refractivity contribution in [2.75, 3.05) is 13.1 Å². The highest BCUT2D eigenvalue weighted by atomic mass is 16.2. The Kier molecular flexibility index (Phi) is 4.48. The number of nitrogens with zero attached hydrogens (tertiary/aromatic N) is 4. The molecule has 1 amide bonds. The molecule has 6 nitrogen and oxygen atoms in total. The number of pyridine rings is 1. The summed E-state index contributed by atoms with van der Waals surface area (Å²) in [5.41, 5.74) is 2.83. The molecule has 138 valence electrons. The van der Waals surface area contributed by atoms with Crippen molar-refractivity contribution in [3.63, 3.8) is 0 Å². The SMILES string of the molecule is Cc1ccc2c(c1)c(=O)c(C(=O)N1CCC[C@H](c3ccncn3)C1)cn2C. The topological polar surface area (TPSA) is 68.1 Å². The van der Waals surface area contributed by atoms with Gasteiger partial charge in [-0.05, 0) is 38.0 Å². The first kappa shape index (κ1) is 17.4. The molecule has 0 radical (unpaired) electrons. The smallest absolute Gasteiger partial charge is 0.259 e. The Morgan fingerprint density at radius 1 is 1.26 bits per heavy atom. The van der Waals surface area contributed by atoms with Crippen molar-refractivity contribution in [1.29, 1.82) is 0 Å². The average molecular weight is 362 g/mol. The highest BCUT2D eigenvalue weighted by Gasteiger charge is 2.28. The molecule has 0 aliphatic carbocycles. The second-order valence-corrected chi connectivity index (χ2v) is 7.23. The van der Waals surface area contributed by atoms with E-state index in [4.69, 9.17) is 0 Å². The molecular formula is C21H22N4O2. The van der Waals surface area contributed by atoms with Gasteiger partial charge in [-0.25, -0.2) is 9.97 Å². The Morgan fingerprint density at radius 3 is 2.89 bits per heavy atom. The van der Waals surface area contributed by atoms with Crippen LogP contribution in [0.1, 0.15) is 40.4 Å². The van der Waals surface area contributed by atoms with E-state index in [0.29, 0.717) is 18.5 Å². The zero-order valence-electron chi connectivity index (χ0n) is 15.6. The third kappa shape index (κ3) is 3.23. The standard InChI is InChI=1S/C21H22N4O2/c1-14-5-6-19-16(10-14)20(26)17(12-24(19)2)21(27)25-9-3-4-15(11-25)18-7-8-22-13-23-18/h5-8,10,12-13,15H,3-4,9,11H2,1-2H3/t15-/m0/s1. The van der Waals surface area contributed by atoms with Gasteiger partial charge in [-0.3, -0.25) is 9.59 Å². The highest BCUT2D eigenvalue weighted by Crippen LogP contribution is 2.26. The lowest BCUT2D eigenvalue weighted by Crippen LogP contribution is -2.41. The summed E-state index contributed by atoms with van der Waals surface area (Å²) in [5.74, 6) is -0.0185. The molecule has 0 unspecified atom stereocenters. The van der Waals surface area contributed by atoms with E-state index in [-0.39, 0.29) is 22.8 Å². The van der Waals surface area contributed by atoms with Crippen LogP contribution in [0.15, 0.2) is 47.8 Å². The second-order valence-electron chi connectivity index (χ2n) is 7.23. The van der Waals surface area contributed by atoms with E-state index in [1.54, 1.807) is 17.3 Å². The summed E-state index contributed by atoms with van der Waals surface area (Å²) in [7, 11) is 1.87. The van der Waals surface area contributed by atoms with Crippen molar-refractivity contribution in [3.05, 3.63) is 70.0 Å². The first-order valence-electron chi connectivity index (χ1n) is 9.20. The molecule has 0 saturated carbocycles. The van der Waals surface area contributed by atoms with Crippen LogP contribution < -0.4 is 5.43 Å². The van der Waals surface area contributed by atoms with E-state index in [9.17, 15) is 9.59 Å². The lowest BCUT2D eigenvalue weighted by atomic mass is 9.94. The summed E-state index contributed by atoms with van der Waals surface area (Å²) in [6, 6.07) is 7.65. The summed E-state index contributed by atoms with van der Waals surface area (Å²) >= 11 is 0. The molecule has 3 aromatic rings.